The van der Waals surface area contributed by atoms with Gasteiger partial charge in [0.2, 0.25) is 5.79 Å². The van der Waals surface area contributed by atoms with Crippen molar-refractivity contribution in [3.8, 4) is 0 Å². The fourth-order valence-electron chi connectivity index (χ4n) is 3.33. The Kier molecular flexibility index (Phi) is 4.33. The van der Waals surface area contributed by atoms with Crippen LogP contribution in [0.3, 0.4) is 0 Å². The average molecular weight is 308 g/mol. The molecule has 0 saturated carbocycles. The molecular formula is C18H28O4. The van der Waals surface area contributed by atoms with Gasteiger partial charge in [0.25, 0.3) is 0 Å². The van der Waals surface area contributed by atoms with E-state index in [2.05, 4.69) is 0 Å². The molecule has 0 aromatic heterocycles. The molecular weight excluding hydrogens is 280 g/mol. The Bertz CT molecular complexity index is 539. The van der Waals surface area contributed by atoms with Crippen LogP contribution in [0.5, 0.6) is 0 Å². The molecule has 1 fully saturated rings. The minimum Gasteiger partial charge on any atom is -0.464 e. The molecule has 0 amide bonds. The fourth-order valence-corrected chi connectivity index (χ4v) is 3.33. The van der Waals surface area contributed by atoms with Gasteiger partial charge in [0.15, 0.2) is 0 Å². The van der Waals surface area contributed by atoms with Crippen molar-refractivity contribution in [1.29, 1.82) is 0 Å². The third kappa shape index (κ3) is 2.87. The van der Waals surface area contributed by atoms with Gasteiger partial charge < -0.3 is 19.7 Å². The van der Waals surface area contributed by atoms with Gasteiger partial charge in [0.1, 0.15) is 17.5 Å². The Morgan fingerprint density at radius 1 is 1.32 bits per heavy atom. The van der Waals surface area contributed by atoms with Gasteiger partial charge in [-0.1, -0.05) is 31.6 Å². The zero-order valence-electron chi connectivity index (χ0n) is 14.4. The van der Waals surface area contributed by atoms with Crippen molar-refractivity contribution in [3.63, 3.8) is 0 Å². The van der Waals surface area contributed by atoms with E-state index in [1.165, 1.54) is 0 Å². The van der Waals surface area contributed by atoms with Crippen molar-refractivity contribution in [1.82, 2.24) is 0 Å². The van der Waals surface area contributed by atoms with Crippen molar-refractivity contribution in [3.05, 3.63) is 35.1 Å². The summed E-state index contributed by atoms with van der Waals surface area (Å²) in [6, 6.07) is 0. The Morgan fingerprint density at radius 2 is 1.95 bits per heavy atom. The second kappa shape index (κ2) is 5.52. The maximum absolute atomic E-state index is 11.3. The minimum absolute atomic E-state index is 0.00865. The van der Waals surface area contributed by atoms with Crippen LogP contribution in [0, 0.1) is 5.41 Å². The van der Waals surface area contributed by atoms with Crippen molar-refractivity contribution in [2.75, 3.05) is 6.61 Å². The van der Waals surface area contributed by atoms with Gasteiger partial charge in [-0.2, -0.15) is 0 Å². The summed E-state index contributed by atoms with van der Waals surface area (Å²) in [4.78, 5) is 0. The molecule has 2 rings (SSSR count). The van der Waals surface area contributed by atoms with Crippen LogP contribution in [-0.4, -0.2) is 34.3 Å². The molecule has 2 atom stereocenters. The topological polar surface area (TPSA) is 58.9 Å². The highest BCUT2D eigenvalue weighted by atomic mass is 16.7. The van der Waals surface area contributed by atoms with Crippen LogP contribution in [-0.2, 0) is 9.47 Å². The second-order valence-corrected chi connectivity index (χ2v) is 7.42. The molecule has 1 heterocycles. The standard InChI is InChI=1S/C18H28O4/c1-12(8-10-19)7-9-18(20)13(2)15-14(11-16(18,3)4)21-17(5,6)22-15/h7-9,14,19-20H,10-11H2,1-6H3/b9-7+,12-8+/t14-,18?/m0/s1. The summed E-state index contributed by atoms with van der Waals surface area (Å²) in [7, 11) is 0. The molecule has 0 spiro atoms. The molecule has 124 valence electrons. The summed E-state index contributed by atoms with van der Waals surface area (Å²) in [6.45, 7) is 11.7. The Hall–Kier alpha value is -1.10. The van der Waals surface area contributed by atoms with E-state index in [4.69, 9.17) is 14.6 Å². The summed E-state index contributed by atoms with van der Waals surface area (Å²) in [5.74, 6) is 0.0965. The molecule has 4 nitrogen and oxygen atoms in total. The molecule has 4 heteroatoms. The monoisotopic (exact) mass is 308 g/mol. The van der Waals surface area contributed by atoms with E-state index in [0.717, 1.165) is 16.9 Å². The third-order valence-corrected chi connectivity index (χ3v) is 4.74. The van der Waals surface area contributed by atoms with Gasteiger partial charge >= 0.3 is 0 Å². The second-order valence-electron chi connectivity index (χ2n) is 7.42. The molecule has 1 aliphatic carbocycles. The number of aliphatic hydroxyl groups excluding tert-OH is 1. The molecule has 0 aromatic rings. The van der Waals surface area contributed by atoms with E-state index in [1.807, 2.05) is 53.7 Å². The van der Waals surface area contributed by atoms with Gasteiger partial charge in [-0.3, -0.25) is 0 Å². The highest BCUT2D eigenvalue weighted by Gasteiger charge is 2.55. The van der Waals surface area contributed by atoms with Crippen molar-refractivity contribution in [2.24, 2.45) is 5.41 Å². The number of hydrogen-bond donors (Lipinski definition) is 2. The first-order valence-electron chi connectivity index (χ1n) is 7.80. The largest absolute Gasteiger partial charge is 0.464 e. The van der Waals surface area contributed by atoms with Gasteiger partial charge in [-0.25, -0.2) is 0 Å². The predicted molar refractivity (Wildman–Crippen MR) is 86.1 cm³/mol. The smallest absolute Gasteiger partial charge is 0.205 e. The van der Waals surface area contributed by atoms with Crippen LogP contribution in [0.1, 0.15) is 48.0 Å². The summed E-state index contributed by atoms with van der Waals surface area (Å²) in [6.07, 6.45) is 5.95. The normalized spacial score (nSPS) is 34.0. The minimum atomic E-state index is -1.10. The van der Waals surface area contributed by atoms with E-state index in [0.29, 0.717) is 6.42 Å². The van der Waals surface area contributed by atoms with Gasteiger partial charge in [-0.15, -0.1) is 0 Å². The van der Waals surface area contributed by atoms with Crippen molar-refractivity contribution in [2.45, 2.75) is 65.5 Å². The summed E-state index contributed by atoms with van der Waals surface area (Å²) in [5.41, 5.74) is 0.223. The van der Waals surface area contributed by atoms with Crippen LogP contribution in [0.25, 0.3) is 0 Å². The Morgan fingerprint density at radius 3 is 2.55 bits per heavy atom. The molecule has 2 N–H and O–H groups in total. The van der Waals surface area contributed by atoms with Crippen molar-refractivity contribution < 1.29 is 19.7 Å². The summed E-state index contributed by atoms with van der Waals surface area (Å²) < 4.78 is 11.9. The van der Waals surface area contributed by atoms with E-state index in [-0.39, 0.29) is 18.1 Å². The molecule has 1 aliphatic heterocycles. The number of rotatable bonds is 3. The highest BCUT2D eigenvalue weighted by Crippen LogP contribution is 2.52. The predicted octanol–water partition coefficient (Wildman–Crippen LogP) is 3.07. The average Bonchev–Trinajstić information content (AvgIpc) is 2.68. The number of allylic oxidation sites excluding steroid dienone is 2. The Balaban J connectivity index is 2.44. The van der Waals surface area contributed by atoms with Crippen LogP contribution >= 0.6 is 0 Å². The quantitative estimate of drug-likeness (QED) is 0.787. The van der Waals surface area contributed by atoms with E-state index in [1.54, 1.807) is 6.08 Å². The van der Waals surface area contributed by atoms with E-state index >= 15 is 0 Å². The van der Waals surface area contributed by atoms with Crippen LogP contribution in [0.4, 0.5) is 0 Å². The molecule has 22 heavy (non-hydrogen) atoms. The highest BCUT2D eigenvalue weighted by molar-refractivity contribution is 5.38. The lowest BCUT2D eigenvalue weighted by molar-refractivity contribution is -0.138. The fraction of sp³-hybridized carbons (Fsp3) is 0.667. The first-order valence-corrected chi connectivity index (χ1v) is 7.80. The maximum Gasteiger partial charge on any atom is 0.205 e. The van der Waals surface area contributed by atoms with Crippen LogP contribution in [0.15, 0.2) is 35.1 Å². The lowest BCUT2D eigenvalue weighted by Gasteiger charge is -2.46. The Labute approximate surface area is 133 Å². The van der Waals surface area contributed by atoms with Crippen LogP contribution < -0.4 is 0 Å². The van der Waals surface area contributed by atoms with Gasteiger partial charge in [0, 0.05) is 24.8 Å². The number of fused-ring (bicyclic) bond motifs is 1. The zero-order chi connectivity index (χ0) is 16.8. The van der Waals surface area contributed by atoms with Gasteiger partial charge in [-0.05, 0) is 26.3 Å². The molecule has 0 aromatic carbocycles. The molecule has 0 bridgehead atoms. The van der Waals surface area contributed by atoms with E-state index in [9.17, 15) is 5.11 Å². The van der Waals surface area contributed by atoms with E-state index < -0.39 is 11.4 Å². The lowest BCUT2D eigenvalue weighted by Crippen LogP contribution is -2.50. The first-order chi connectivity index (χ1) is 10.0. The first kappa shape index (κ1) is 17.3. The molecule has 1 unspecified atom stereocenters. The molecule has 2 aliphatic rings. The number of aliphatic hydroxyl groups is 2. The number of hydrogen-bond acceptors (Lipinski definition) is 4. The molecule has 0 radical (unpaired) electrons. The van der Waals surface area contributed by atoms with Crippen molar-refractivity contribution >= 4 is 0 Å². The third-order valence-electron chi connectivity index (χ3n) is 4.74. The van der Waals surface area contributed by atoms with Crippen LogP contribution in [0.2, 0.25) is 0 Å². The lowest BCUT2D eigenvalue weighted by atomic mass is 9.63. The number of ether oxygens (including phenoxy) is 2. The molecule has 1 saturated heterocycles. The maximum atomic E-state index is 11.3. The SMILES string of the molecule is CC1=C2OC(C)(C)O[C@H]2CC(C)(C)C1(O)/C=C/C(C)=C/CO. The summed E-state index contributed by atoms with van der Waals surface area (Å²) in [5, 5.41) is 20.3. The summed E-state index contributed by atoms with van der Waals surface area (Å²) >= 11 is 0. The zero-order valence-corrected chi connectivity index (χ0v) is 14.4. The van der Waals surface area contributed by atoms with Gasteiger partial charge in [0.05, 0.1) is 6.61 Å².